The first-order valence-electron chi connectivity index (χ1n) is 13.0. The van der Waals surface area contributed by atoms with Crippen molar-refractivity contribution in [2.24, 2.45) is 0 Å². The van der Waals surface area contributed by atoms with E-state index in [1.165, 1.54) is 0 Å². The number of likely N-dealkylation sites (N-methyl/N-ethyl adjacent to an activating group) is 1. The van der Waals surface area contributed by atoms with Crippen LogP contribution in [0.5, 0.6) is 5.75 Å². The van der Waals surface area contributed by atoms with Crippen molar-refractivity contribution in [3.8, 4) is 11.8 Å². The molecule has 0 radical (unpaired) electrons. The number of piperidine rings is 1. The van der Waals surface area contributed by atoms with Crippen LogP contribution in [0.1, 0.15) is 42.5 Å². The fourth-order valence-corrected chi connectivity index (χ4v) is 4.56. The summed E-state index contributed by atoms with van der Waals surface area (Å²) in [6.45, 7) is 6.08. The first kappa shape index (κ1) is 26.9. The van der Waals surface area contributed by atoms with Gasteiger partial charge in [0.05, 0.1) is 18.2 Å². The summed E-state index contributed by atoms with van der Waals surface area (Å²) in [6.07, 6.45) is 1.56. The number of hydrogen-bond donors (Lipinski definition) is 3. The van der Waals surface area contributed by atoms with Gasteiger partial charge in [0.25, 0.3) is 0 Å². The van der Waals surface area contributed by atoms with Gasteiger partial charge >= 0.3 is 0 Å². The third kappa shape index (κ3) is 6.61. The van der Waals surface area contributed by atoms with E-state index in [4.69, 9.17) is 9.72 Å². The van der Waals surface area contributed by atoms with Crippen LogP contribution in [0.25, 0.3) is 0 Å². The van der Waals surface area contributed by atoms with Gasteiger partial charge in [-0.1, -0.05) is 18.2 Å². The number of hydrogen-bond acceptors (Lipinski definition) is 8. The third-order valence-electron chi connectivity index (χ3n) is 6.91. The van der Waals surface area contributed by atoms with Crippen LogP contribution >= 0.6 is 0 Å². The van der Waals surface area contributed by atoms with Gasteiger partial charge in [0.15, 0.2) is 5.82 Å². The normalized spacial score (nSPS) is 14.7. The van der Waals surface area contributed by atoms with E-state index in [-0.39, 0.29) is 17.9 Å². The number of para-hydroxylation sites is 1. The molecular weight excluding hydrogens is 480 g/mol. The molecule has 3 heterocycles. The Kier molecular flexibility index (Phi) is 8.81. The molecule has 3 N–H and O–H groups in total. The van der Waals surface area contributed by atoms with Crippen LogP contribution in [0.15, 0.2) is 42.5 Å². The molecule has 0 spiro atoms. The monoisotopic (exact) mass is 516 g/mol. The first-order chi connectivity index (χ1) is 18.4. The number of amides is 1. The number of aryl methyl sites for hydroxylation is 1. The molecule has 0 bridgehead atoms. The number of carbonyl (C=O) groups is 1. The van der Waals surface area contributed by atoms with E-state index in [0.717, 1.165) is 29.8 Å². The van der Waals surface area contributed by atoms with Crippen molar-refractivity contribution in [3.63, 3.8) is 0 Å². The highest BCUT2D eigenvalue weighted by molar-refractivity contribution is 5.81. The second-order valence-electron chi connectivity index (χ2n) is 9.82. The minimum Gasteiger partial charge on any atom is -0.492 e. The Hall–Kier alpha value is -4.10. The number of H-pyrrole nitrogens is 1. The van der Waals surface area contributed by atoms with Gasteiger partial charge in [-0.05, 0) is 70.5 Å². The zero-order valence-corrected chi connectivity index (χ0v) is 22.5. The van der Waals surface area contributed by atoms with Crippen LogP contribution in [0.4, 0.5) is 17.5 Å². The van der Waals surface area contributed by atoms with E-state index in [0.29, 0.717) is 49.3 Å². The Labute approximate surface area is 224 Å². The van der Waals surface area contributed by atoms with Gasteiger partial charge in [-0.15, -0.1) is 0 Å². The van der Waals surface area contributed by atoms with Crippen LogP contribution in [-0.2, 0) is 4.79 Å². The lowest BCUT2D eigenvalue weighted by Gasteiger charge is -2.35. The lowest BCUT2D eigenvalue weighted by atomic mass is 9.86. The molecule has 1 amide bonds. The maximum Gasteiger partial charge on any atom is 0.239 e. The lowest BCUT2D eigenvalue weighted by molar-refractivity contribution is -0.136. The summed E-state index contributed by atoms with van der Waals surface area (Å²) in [5, 5.41) is 23.9. The number of benzene rings is 1. The van der Waals surface area contributed by atoms with Crippen molar-refractivity contribution in [2.75, 3.05) is 51.0 Å². The van der Waals surface area contributed by atoms with Crippen LogP contribution in [0.3, 0.4) is 0 Å². The molecule has 3 aromatic rings. The summed E-state index contributed by atoms with van der Waals surface area (Å²) >= 11 is 0. The topological polar surface area (TPSA) is 122 Å². The Morgan fingerprint density at radius 3 is 2.61 bits per heavy atom. The summed E-state index contributed by atoms with van der Waals surface area (Å²) in [7, 11) is 3.83. The van der Waals surface area contributed by atoms with Gasteiger partial charge in [0.2, 0.25) is 5.91 Å². The predicted octanol–water partition coefficient (Wildman–Crippen LogP) is 3.88. The van der Waals surface area contributed by atoms with Crippen LogP contribution in [0.2, 0.25) is 0 Å². The number of pyridine rings is 1. The average Bonchev–Trinajstić information content (AvgIpc) is 3.34. The van der Waals surface area contributed by atoms with Gasteiger partial charge < -0.3 is 20.3 Å². The number of aromatic nitrogens is 3. The van der Waals surface area contributed by atoms with Crippen molar-refractivity contribution < 1.29 is 9.53 Å². The standard InChI is InChI=1S/C28H36N8O2/c1-19-16-26(34-33-19)31-25-17-23(21-10-13-36(14-11-21)28(37)20(2)35(3)4)24(18-29)27(32-25)30-12-15-38-22-8-6-5-7-9-22/h5-9,16-17,20-21H,10-15H2,1-4H3,(H3,30,31,32,33,34). The van der Waals surface area contributed by atoms with Gasteiger partial charge in [-0.2, -0.15) is 10.4 Å². The molecule has 1 fully saturated rings. The fraction of sp³-hybridized carbons (Fsp3) is 0.429. The van der Waals surface area contributed by atoms with E-state index < -0.39 is 0 Å². The Morgan fingerprint density at radius 2 is 1.97 bits per heavy atom. The molecule has 2 aromatic heterocycles. The first-order valence-corrected chi connectivity index (χ1v) is 13.0. The molecule has 1 unspecified atom stereocenters. The Bertz CT molecular complexity index is 1260. The summed E-state index contributed by atoms with van der Waals surface area (Å²) in [4.78, 5) is 21.4. The van der Waals surface area contributed by atoms with Gasteiger partial charge in [0, 0.05) is 24.8 Å². The Balaban J connectivity index is 1.52. The molecule has 1 atom stereocenters. The molecule has 10 nitrogen and oxygen atoms in total. The second kappa shape index (κ2) is 12.4. The third-order valence-corrected chi connectivity index (χ3v) is 6.91. The molecule has 0 aliphatic carbocycles. The van der Waals surface area contributed by atoms with Crippen LogP contribution < -0.4 is 15.4 Å². The minimum atomic E-state index is -0.163. The van der Waals surface area contributed by atoms with Crippen molar-refractivity contribution in [3.05, 3.63) is 59.3 Å². The number of rotatable bonds is 10. The number of nitrogens with zero attached hydrogens (tertiary/aromatic N) is 5. The Morgan fingerprint density at radius 1 is 1.24 bits per heavy atom. The van der Waals surface area contributed by atoms with Gasteiger partial charge in [-0.3, -0.25) is 14.8 Å². The SMILES string of the molecule is Cc1cc(Nc2cc(C3CCN(C(=O)C(C)N(C)C)CC3)c(C#N)c(NCCOc3ccccc3)n2)n[nH]1. The molecule has 4 rings (SSSR count). The number of likely N-dealkylation sites (tertiary alicyclic amines) is 1. The van der Waals surface area contributed by atoms with Crippen molar-refractivity contribution in [1.29, 1.82) is 5.26 Å². The summed E-state index contributed by atoms with van der Waals surface area (Å²) in [6, 6.07) is 15.7. The summed E-state index contributed by atoms with van der Waals surface area (Å²) < 4.78 is 5.80. The molecule has 1 aliphatic rings. The zero-order chi connectivity index (χ0) is 27.1. The van der Waals surface area contributed by atoms with E-state index in [1.807, 2.05) is 80.2 Å². The number of nitriles is 1. The van der Waals surface area contributed by atoms with E-state index >= 15 is 0 Å². The zero-order valence-electron chi connectivity index (χ0n) is 22.5. The molecule has 1 aliphatic heterocycles. The molecule has 1 aromatic carbocycles. The highest BCUT2D eigenvalue weighted by atomic mass is 16.5. The quantitative estimate of drug-likeness (QED) is 0.347. The molecule has 200 valence electrons. The highest BCUT2D eigenvalue weighted by Crippen LogP contribution is 2.35. The van der Waals surface area contributed by atoms with Gasteiger partial charge in [0.1, 0.15) is 30.1 Å². The van der Waals surface area contributed by atoms with Crippen molar-refractivity contribution in [1.82, 2.24) is 25.0 Å². The number of carbonyl (C=O) groups excluding carboxylic acids is 1. The van der Waals surface area contributed by atoms with Crippen LogP contribution in [-0.4, -0.2) is 77.3 Å². The predicted molar refractivity (Wildman–Crippen MR) is 148 cm³/mol. The van der Waals surface area contributed by atoms with Crippen molar-refractivity contribution >= 4 is 23.4 Å². The molecule has 38 heavy (non-hydrogen) atoms. The number of aromatic amines is 1. The number of nitrogens with one attached hydrogen (secondary N) is 3. The van der Waals surface area contributed by atoms with E-state index in [2.05, 4.69) is 26.9 Å². The summed E-state index contributed by atoms with van der Waals surface area (Å²) in [5.74, 6) is 2.84. The van der Waals surface area contributed by atoms with Gasteiger partial charge in [-0.25, -0.2) is 4.98 Å². The number of anilines is 3. The largest absolute Gasteiger partial charge is 0.492 e. The highest BCUT2D eigenvalue weighted by Gasteiger charge is 2.29. The smallest absolute Gasteiger partial charge is 0.239 e. The van der Waals surface area contributed by atoms with Crippen LogP contribution in [0, 0.1) is 18.3 Å². The average molecular weight is 517 g/mol. The molecule has 10 heteroatoms. The summed E-state index contributed by atoms with van der Waals surface area (Å²) in [5.41, 5.74) is 2.39. The maximum atomic E-state index is 12.8. The molecule has 0 saturated carbocycles. The molecular formula is C28H36N8O2. The van der Waals surface area contributed by atoms with E-state index in [1.54, 1.807) is 0 Å². The minimum absolute atomic E-state index is 0.133. The van der Waals surface area contributed by atoms with E-state index in [9.17, 15) is 10.1 Å². The second-order valence-corrected chi connectivity index (χ2v) is 9.82. The lowest BCUT2D eigenvalue weighted by Crippen LogP contribution is -2.47. The molecule has 1 saturated heterocycles. The van der Waals surface area contributed by atoms with Crippen molar-refractivity contribution in [2.45, 2.75) is 38.6 Å². The number of ether oxygens (including phenoxy) is 1. The maximum absolute atomic E-state index is 12.8. The fourth-order valence-electron chi connectivity index (χ4n) is 4.56.